The average Bonchev–Trinajstić information content (AvgIpc) is 2.57. The summed E-state index contributed by atoms with van der Waals surface area (Å²) in [5, 5.41) is 3.50. The van der Waals surface area contributed by atoms with Crippen molar-refractivity contribution in [2.75, 3.05) is 10.7 Å². The Balaban J connectivity index is 2.15. The highest BCUT2D eigenvalue weighted by Gasteiger charge is 2.34. The Labute approximate surface area is 102 Å². The number of nitrogens with one attached hydrogen (secondary N) is 2. The summed E-state index contributed by atoms with van der Waals surface area (Å²) >= 11 is 0. The smallest absolute Gasteiger partial charge is 0.145 e. The van der Waals surface area contributed by atoms with E-state index in [1.165, 1.54) is 19.3 Å². The second-order valence-corrected chi connectivity index (χ2v) is 5.41. The minimum absolute atomic E-state index is 0.329. The molecule has 1 aromatic heterocycles. The molecule has 0 bridgehead atoms. The third-order valence-electron chi connectivity index (χ3n) is 3.57. The van der Waals surface area contributed by atoms with Crippen molar-refractivity contribution < 1.29 is 0 Å². The van der Waals surface area contributed by atoms with Crippen molar-refractivity contribution in [1.29, 1.82) is 0 Å². The number of nitrogen functional groups attached to an aromatic ring is 1. The van der Waals surface area contributed by atoms with Gasteiger partial charge in [-0.3, -0.25) is 0 Å². The SMILES string of the molecule is Cc1nc(NN)cc(NC2CCCC2(C)C)n1. The van der Waals surface area contributed by atoms with E-state index in [1.807, 2.05) is 13.0 Å². The Morgan fingerprint density at radius 1 is 1.35 bits per heavy atom. The number of aromatic nitrogens is 2. The first-order valence-electron chi connectivity index (χ1n) is 6.10. The van der Waals surface area contributed by atoms with Crippen LogP contribution < -0.4 is 16.6 Å². The molecule has 1 aromatic rings. The van der Waals surface area contributed by atoms with Gasteiger partial charge in [0, 0.05) is 12.1 Å². The maximum Gasteiger partial charge on any atom is 0.145 e. The van der Waals surface area contributed by atoms with Crippen molar-refractivity contribution in [1.82, 2.24) is 9.97 Å². The molecule has 1 saturated carbocycles. The molecule has 1 unspecified atom stereocenters. The Kier molecular flexibility index (Phi) is 3.19. The fourth-order valence-electron chi connectivity index (χ4n) is 2.49. The summed E-state index contributed by atoms with van der Waals surface area (Å²) in [6.07, 6.45) is 3.73. The molecule has 0 radical (unpaired) electrons. The fraction of sp³-hybridized carbons (Fsp3) is 0.667. The van der Waals surface area contributed by atoms with E-state index < -0.39 is 0 Å². The lowest BCUT2D eigenvalue weighted by molar-refractivity contribution is 0.349. The quantitative estimate of drug-likeness (QED) is 0.552. The topological polar surface area (TPSA) is 75.9 Å². The van der Waals surface area contributed by atoms with Gasteiger partial charge in [0.25, 0.3) is 0 Å². The van der Waals surface area contributed by atoms with E-state index in [4.69, 9.17) is 5.84 Å². The van der Waals surface area contributed by atoms with Crippen LogP contribution in [0, 0.1) is 12.3 Å². The largest absolute Gasteiger partial charge is 0.367 e. The van der Waals surface area contributed by atoms with Crippen LogP contribution in [-0.4, -0.2) is 16.0 Å². The predicted octanol–water partition coefficient (Wildman–Crippen LogP) is 2.06. The molecule has 1 aliphatic rings. The molecule has 0 saturated heterocycles. The molecule has 1 fully saturated rings. The standard InChI is InChI=1S/C12H21N5/c1-8-14-10(7-11(15-8)17-13)16-9-5-4-6-12(9,2)3/h7,9H,4-6,13H2,1-3H3,(H2,14,15,16,17). The molecule has 0 amide bonds. The van der Waals surface area contributed by atoms with E-state index in [2.05, 4.69) is 34.6 Å². The third-order valence-corrected chi connectivity index (χ3v) is 3.57. The van der Waals surface area contributed by atoms with Gasteiger partial charge in [-0.15, -0.1) is 0 Å². The summed E-state index contributed by atoms with van der Waals surface area (Å²) in [7, 11) is 0. The van der Waals surface area contributed by atoms with Gasteiger partial charge >= 0.3 is 0 Å². The van der Waals surface area contributed by atoms with E-state index in [0.717, 1.165) is 11.6 Å². The maximum absolute atomic E-state index is 5.38. The van der Waals surface area contributed by atoms with E-state index in [1.54, 1.807) is 0 Å². The lowest BCUT2D eigenvalue weighted by atomic mass is 9.87. The molecular weight excluding hydrogens is 214 g/mol. The minimum Gasteiger partial charge on any atom is -0.367 e. The molecule has 0 aliphatic heterocycles. The zero-order valence-corrected chi connectivity index (χ0v) is 10.7. The number of nitrogens with zero attached hydrogens (tertiary/aromatic N) is 2. The highest BCUT2D eigenvalue weighted by molar-refractivity contribution is 5.47. The Morgan fingerprint density at radius 3 is 2.65 bits per heavy atom. The third kappa shape index (κ3) is 2.66. The van der Waals surface area contributed by atoms with Gasteiger partial charge < -0.3 is 10.7 Å². The zero-order valence-electron chi connectivity index (χ0n) is 10.7. The van der Waals surface area contributed by atoms with Gasteiger partial charge in [0.15, 0.2) is 0 Å². The Morgan fingerprint density at radius 2 is 2.06 bits per heavy atom. The fourth-order valence-corrected chi connectivity index (χ4v) is 2.49. The highest BCUT2D eigenvalue weighted by atomic mass is 15.3. The van der Waals surface area contributed by atoms with Crippen molar-refractivity contribution in [3.63, 3.8) is 0 Å². The van der Waals surface area contributed by atoms with Gasteiger partial charge in [-0.1, -0.05) is 20.3 Å². The number of anilines is 2. The predicted molar refractivity (Wildman–Crippen MR) is 69.6 cm³/mol. The molecule has 94 valence electrons. The maximum atomic E-state index is 5.38. The molecule has 5 nitrogen and oxygen atoms in total. The lowest BCUT2D eigenvalue weighted by Crippen LogP contribution is -2.31. The summed E-state index contributed by atoms with van der Waals surface area (Å²) in [6.45, 7) is 6.47. The number of hydrogen-bond donors (Lipinski definition) is 3. The van der Waals surface area contributed by atoms with Gasteiger partial charge in [0.05, 0.1) is 0 Å². The van der Waals surface area contributed by atoms with Crippen molar-refractivity contribution >= 4 is 11.6 Å². The number of nitrogens with two attached hydrogens (primary N) is 1. The molecule has 17 heavy (non-hydrogen) atoms. The molecule has 1 aliphatic carbocycles. The Hall–Kier alpha value is -1.36. The lowest BCUT2D eigenvalue weighted by Gasteiger charge is -2.28. The van der Waals surface area contributed by atoms with Crippen LogP contribution in [0.4, 0.5) is 11.6 Å². The highest BCUT2D eigenvalue weighted by Crippen LogP contribution is 2.38. The molecule has 0 spiro atoms. The van der Waals surface area contributed by atoms with Crippen molar-refractivity contribution in [2.24, 2.45) is 11.3 Å². The van der Waals surface area contributed by atoms with Crippen molar-refractivity contribution in [2.45, 2.75) is 46.1 Å². The molecular formula is C12H21N5. The number of hydrogen-bond acceptors (Lipinski definition) is 5. The van der Waals surface area contributed by atoms with E-state index in [-0.39, 0.29) is 0 Å². The van der Waals surface area contributed by atoms with Crippen LogP contribution in [0.1, 0.15) is 38.9 Å². The summed E-state index contributed by atoms with van der Waals surface area (Å²) < 4.78 is 0. The molecule has 1 heterocycles. The summed E-state index contributed by atoms with van der Waals surface area (Å²) in [5.74, 6) is 7.60. The molecule has 2 rings (SSSR count). The summed E-state index contributed by atoms with van der Waals surface area (Å²) in [5.41, 5.74) is 2.89. The molecule has 0 aromatic carbocycles. The first-order valence-corrected chi connectivity index (χ1v) is 6.10. The summed E-state index contributed by atoms with van der Waals surface area (Å²) in [4.78, 5) is 8.57. The second-order valence-electron chi connectivity index (χ2n) is 5.41. The van der Waals surface area contributed by atoms with Gasteiger partial charge in [0.1, 0.15) is 17.5 Å². The van der Waals surface area contributed by atoms with E-state index in [0.29, 0.717) is 17.3 Å². The molecule has 4 N–H and O–H groups in total. The first kappa shape index (κ1) is 12.1. The molecule has 1 atom stereocenters. The van der Waals surface area contributed by atoms with Crippen molar-refractivity contribution in [3.05, 3.63) is 11.9 Å². The van der Waals surface area contributed by atoms with Gasteiger partial charge in [-0.05, 0) is 25.2 Å². The summed E-state index contributed by atoms with van der Waals surface area (Å²) in [6, 6.07) is 2.32. The van der Waals surface area contributed by atoms with Gasteiger partial charge in [-0.2, -0.15) is 0 Å². The van der Waals surface area contributed by atoms with Crippen LogP contribution >= 0.6 is 0 Å². The number of rotatable bonds is 3. The zero-order chi connectivity index (χ0) is 12.5. The van der Waals surface area contributed by atoms with E-state index >= 15 is 0 Å². The van der Waals surface area contributed by atoms with Crippen LogP contribution in [0.15, 0.2) is 6.07 Å². The van der Waals surface area contributed by atoms with Crippen LogP contribution in [0.2, 0.25) is 0 Å². The van der Waals surface area contributed by atoms with Crippen LogP contribution in [0.3, 0.4) is 0 Å². The monoisotopic (exact) mass is 235 g/mol. The van der Waals surface area contributed by atoms with Crippen molar-refractivity contribution in [3.8, 4) is 0 Å². The van der Waals surface area contributed by atoms with Crippen LogP contribution in [-0.2, 0) is 0 Å². The minimum atomic E-state index is 0.329. The van der Waals surface area contributed by atoms with Gasteiger partial charge in [-0.25, -0.2) is 15.8 Å². The normalized spacial score (nSPS) is 22.5. The average molecular weight is 235 g/mol. The van der Waals surface area contributed by atoms with E-state index in [9.17, 15) is 0 Å². The second kappa shape index (κ2) is 4.49. The molecule has 5 heteroatoms. The Bertz CT molecular complexity index is 402. The number of aryl methyl sites for hydroxylation is 1. The van der Waals surface area contributed by atoms with Crippen LogP contribution in [0.5, 0.6) is 0 Å². The first-order chi connectivity index (χ1) is 8.01. The van der Waals surface area contributed by atoms with Gasteiger partial charge in [0.2, 0.25) is 0 Å². The van der Waals surface area contributed by atoms with Crippen LogP contribution in [0.25, 0.3) is 0 Å². The number of hydrazine groups is 1.